The number of hydrogen-bond donors (Lipinski definition) is 0. The van der Waals surface area contributed by atoms with Crippen molar-refractivity contribution < 1.29 is 4.74 Å². The molecule has 1 heterocycles. The highest BCUT2D eigenvalue weighted by molar-refractivity contribution is 5.18. The molecule has 0 amide bonds. The predicted molar refractivity (Wildman–Crippen MR) is 63.1 cm³/mol. The van der Waals surface area contributed by atoms with Crippen LogP contribution in [0.5, 0.6) is 5.88 Å². The fourth-order valence-corrected chi connectivity index (χ4v) is 1.34. The molecular weight excluding hydrogens is 186 g/mol. The van der Waals surface area contributed by atoms with Gasteiger partial charge in [-0.05, 0) is 23.8 Å². The van der Waals surface area contributed by atoms with E-state index >= 15 is 0 Å². The Kier molecular flexibility index (Phi) is 4.60. The van der Waals surface area contributed by atoms with Gasteiger partial charge < -0.3 is 4.74 Å². The average Bonchev–Trinajstić information content (AvgIpc) is 2.16. The maximum Gasteiger partial charge on any atom is 0.213 e. The van der Waals surface area contributed by atoms with E-state index < -0.39 is 0 Å². The van der Waals surface area contributed by atoms with Crippen LogP contribution in [-0.4, -0.2) is 11.6 Å². The number of rotatable bonds is 5. The summed E-state index contributed by atoms with van der Waals surface area (Å²) in [5.74, 6) is 1.95. The van der Waals surface area contributed by atoms with Crippen LogP contribution in [0.15, 0.2) is 18.3 Å². The van der Waals surface area contributed by atoms with E-state index in [9.17, 15) is 0 Å². The zero-order valence-corrected chi connectivity index (χ0v) is 10.2. The summed E-state index contributed by atoms with van der Waals surface area (Å²) in [7, 11) is 0. The molecule has 0 atom stereocenters. The summed E-state index contributed by atoms with van der Waals surface area (Å²) in [5, 5.41) is 0. The molecule has 0 saturated heterocycles. The maximum atomic E-state index is 5.52. The molecule has 2 heteroatoms. The minimum absolute atomic E-state index is 0.544. The van der Waals surface area contributed by atoms with Gasteiger partial charge in [-0.15, -0.1) is 0 Å². The van der Waals surface area contributed by atoms with Gasteiger partial charge in [0.1, 0.15) is 0 Å². The normalized spacial score (nSPS) is 11.1. The smallest absolute Gasteiger partial charge is 0.213 e. The van der Waals surface area contributed by atoms with Crippen molar-refractivity contribution in [3.05, 3.63) is 23.9 Å². The summed E-state index contributed by atoms with van der Waals surface area (Å²) in [6, 6.07) is 4.06. The van der Waals surface area contributed by atoms with Crippen LogP contribution in [0.3, 0.4) is 0 Å². The fourth-order valence-electron chi connectivity index (χ4n) is 1.34. The van der Waals surface area contributed by atoms with Crippen molar-refractivity contribution in [2.45, 2.75) is 34.1 Å². The fraction of sp³-hybridized carbons (Fsp3) is 0.615. The third-order valence-corrected chi connectivity index (χ3v) is 2.01. The first-order chi connectivity index (χ1) is 7.08. The van der Waals surface area contributed by atoms with Crippen LogP contribution >= 0.6 is 0 Å². The van der Waals surface area contributed by atoms with E-state index in [1.165, 1.54) is 5.56 Å². The number of ether oxygens (including phenoxy) is 1. The first-order valence-corrected chi connectivity index (χ1v) is 5.65. The quantitative estimate of drug-likeness (QED) is 0.739. The highest BCUT2D eigenvalue weighted by Crippen LogP contribution is 2.12. The molecular formula is C13H21NO. The first kappa shape index (κ1) is 12.0. The molecule has 0 saturated carbocycles. The van der Waals surface area contributed by atoms with Crippen LogP contribution in [0.4, 0.5) is 0 Å². The Morgan fingerprint density at radius 1 is 1.13 bits per heavy atom. The monoisotopic (exact) mass is 207 g/mol. The molecule has 84 valence electrons. The van der Waals surface area contributed by atoms with E-state index in [-0.39, 0.29) is 0 Å². The number of pyridine rings is 1. The van der Waals surface area contributed by atoms with E-state index in [1.807, 2.05) is 12.3 Å². The molecule has 0 fully saturated rings. The SMILES string of the molecule is CC(C)COc1ccc(CC(C)C)cn1. The Morgan fingerprint density at radius 3 is 2.33 bits per heavy atom. The third kappa shape index (κ3) is 4.82. The molecule has 1 aromatic rings. The van der Waals surface area contributed by atoms with Gasteiger partial charge in [0.2, 0.25) is 5.88 Å². The molecule has 1 aromatic heterocycles. The van der Waals surface area contributed by atoms with Crippen LogP contribution in [0.1, 0.15) is 33.3 Å². The number of nitrogens with zero attached hydrogens (tertiary/aromatic N) is 1. The lowest BCUT2D eigenvalue weighted by Gasteiger charge is -2.08. The van der Waals surface area contributed by atoms with Gasteiger partial charge >= 0.3 is 0 Å². The summed E-state index contributed by atoms with van der Waals surface area (Å²) in [6.07, 6.45) is 2.99. The minimum atomic E-state index is 0.544. The van der Waals surface area contributed by atoms with Gasteiger partial charge in [-0.3, -0.25) is 0 Å². The molecule has 1 rings (SSSR count). The zero-order valence-electron chi connectivity index (χ0n) is 10.2. The van der Waals surface area contributed by atoms with Crippen molar-refractivity contribution in [1.29, 1.82) is 0 Å². The van der Waals surface area contributed by atoms with Gasteiger partial charge in [-0.2, -0.15) is 0 Å². The zero-order chi connectivity index (χ0) is 11.3. The Balaban J connectivity index is 2.49. The molecule has 0 radical (unpaired) electrons. The molecule has 0 N–H and O–H groups in total. The van der Waals surface area contributed by atoms with Crippen molar-refractivity contribution in [1.82, 2.24) is 4.98 Å². The lowest BCUT2D eigenvalue weighted by Crippen LogP contribution is -2.05. The van der Waals surface area contributed by atoms with E-state index in [0.717, 1.165) is 18.9 Å². The first-order valence-electron chi connectivity index (χ1n) is 5.65. The van der Waals surface area contributed by atoms with Gasteiger partial charge in [-0.25, -0.2) is 4.98 Å². The van der Waals surface area contributed by atoms with Gasteiger partial charge in [-0.1, -0.05) is 33.8 Å². The molecule has 0 aliphatic rings. The van der Waals surface area contributed by atoms with Crippen LogP contribution in [0.2, 0.25) is 0 Å². The number of aromatic nitrogens is 1. The van der Waals surface area contributed by atoms with Gasteiger partial charge in [0, 0.05) is 12.3 Å². The lowest BCUT2D eigenvalue weighted by atomic mass is 10.1. The summed E-state index contributed by atoms with van der Waals surface area (Å²) < 4.78 is 5.52. The van der Waals surface area contributed by atoms with E-state index in [0.29, 0.717) is 11.8 Å². The summed E-state index contributed by atoms with van der Waals surface area (Å²) in [4.78, 5) is 4.28. The van der Waals surface area contributed by atoms with Crippen molar-refractivity contribution in [3.63, 3.8) is 0 Å². The van der Waals surface area contributed by atoms with Gasteiger partial charge in [0.15, 0.2) is 0 Å². The summed E-state index contributed by atoms with van der Waals surface area (Å²) in [6.45, 7) is 9.42. The Morgan fingerprint density at radius 2 is 1.87 bits per heavy atom. The van der Waals surface area contributed by atoms with E-state index in [2.05, 4.69) is 38.7 Å². The van der Waals surface area contributed by atoms with Crippen molar-refractivity contribution in [2.24, 2.45) is 11.8 Å². The van der Waals surface area contributed by atoms with Crippen molar-refractivity contribution >= 4 is 0 Å². The van der Waals surface area contributed by atoms with Crippen LogP contribution < -0.4 is 4.74 Å². The largest absolute Gasteiger partial charge is 0.477 e. The topological polar surface area (TPSA) is 22.1 Å². The summed E-state index contributed by atoms with van der Waals surface area (Å²) >= 11 is 0. The Bertz CT molecular complexity index is 277. The minimum Gasteiger partial charge on any atom is -0.477 e. The van der Waals surface area contributed by atoms with E-state index in [4.69, 9.17) is 4.74 Å². The third-order valence-electron chi connectivity index (χ3n) is 2.01. The van der Waals surface area contributed by atoms with Crippen molar-refractivity contribution in [2.75, 3.05) is 6.61 Å². The number of hydrogen-bond acceptors (Lipinski definition) is 2. The summed E-state index contributed by atoms with van der Waals surface area (Å²) in [5.41, 5.74) is 1.28. The second-order valence-electron chi connectivity index (χ2n) is 4.81. The molecule has 2 nitrogen and oxygen atoms in total. The maximum absolute atomic E-state index is 5.52. The Hall–Kier alpha value is -1.05. The molecule has 0 aliphatic heterocycles. The second-order valence-corrected chi connectivity index (χ2v) is 4.81. The predicted octanol–water partition coefficient (Wildman–Crippen LogP) is 3.31. The van der Waals surface area contributed by atoms with Crippen molar-refractivity contribution in [3.8, 4) is 5.88 Å². The Labute approximate surface area is 92.7 Å². The molecule has 0 unspecified atom stereocenters. The van der Waals surface area contributed by atoms with Gasteiger partial charge in [0.25, 0.3) is 0 Å². The van der Waals surface area contributed by atoms with Crippen LogP contribution in [-0.2, 0) is 6.42 Å². The molecule has 0 spiro atoms. The highest BCUT2D eigenvalue weighted by atomic mass is 16.5. The van der Waals surface area contributed by atoms with Gasteiger partial charge in [0.05, 0.1) is 6.61 Å². The second kappa shape index (κ2) is 5.74. The molecule has 15 heavy (non-hydrogen) atoms. The molecule has 0 bridgehead atoms. The van der Waals surface area contributed by atoms with Crippen LogP contribution in [0.25, 0.3) is 0 Å². The van der Waals surface area contributed by atoms with E-state index in [1.54, 1.807) is 0 Å². The standard InChI is InChI=1S/C13H21NO/c1-10(2)7-12-5-6-13(14-8-12)15-9-11(3)4/h5-6,8,10-11H,7,9H2,1-4H3. The van der Waals surface area contributed by atoms with Crippen LogP contribution in [0, 0.1) is 11.8 Å². The lowest BCUT2D eigenvalue weighted by molar-refractivity contribution is 0.261. The molecule has 0 aliphatic carbocycles. The molecule has 0 aromatic carbocycles. The average molecular weight is 207 g/mol. The highest BCUT2D eigenvalue weighted by Gasteiger charge is 2.00.